The Kier molecular flexibility index (Phi) is 14.0. The largest absolute Gasteiger partial charge is 0.480 e. The van der Waals surface area contributed by atoms with E-state index in [1.54, 1.807) is 6.26 Å². The van der Waals surface area contributed by atoms with Crippen LogP contribution < -0.4 is 33.2 Å². The van der Waals surface area contributed by atoms with E-state index in [1.165, 1.54) is 18.7 Å². The SMILES string of the molecule is CSCCC(NC(=O)C(NC(=O)CNC(=O)C(N)CCCN=C(N)N)C(C)O)C(=O)O. The maximum Gasteiger partial charge on any atom is 0.326 e. The number of rotatable bonds is 15. The van der Waals surface area contributed by atoms with Crippen LogP contribution in [0.15, 0.2) is 4.99 Å². The van der Waals surface area contributed by atoms with Crippen molar-refractivity contribution in [1.29, 1.82) is 0 Å². The van der Waals surface area contributed by atoms with Crippen LogP contribution in [0.2, 0.25) is 0 Å². The summed E-state index contributed by atoms with van der Waals surface area (Å²) in [5, 5.41) is 25.9. The van der Waals surface area contributed by atoms with Crippen LogP contribution in [0.4, 0.5) is 0 Å². The van der Waals surface area contributed by atoms with E-state index in [2.05, 4.69) is 20.9 Å². The highest BCUT2D eigenvalue weighted by Crippen LogP contribution is 2.03. The van der Waals surface area contributed by atoms with Gasteiger partial charge in [-0.15, -0.1) is 0 Å². The van der Waals surface area contributed by atoms with Crippen molar-refractivity contribution < 1.29 is 29.4 Å². The number of amides is 3. The topological polar surface area (TPSA) is 235 Å². The highest BCUT2D eigenvalue weighted by atomic mass is 32.2. The number of nitrogens with zero attached hydrogens (tertiary/aromatic N) is 1. The summed E-state index contributed by atoms with van der Waals surface area (Å²) >= 11 is 1.42. The molecular weight excluding hydrogens is 430 g/mol. The molecule has 0 radical (unpaired) electrons. The monoisotopic (exact) mass is 463 g/mol. The summed E-state index contributed by atoms with van der Waals surface area (Å²) in [7, 11) is 0. The standard InChI is InChI=1S/C17H33N7O6S/c1-9(25)13(15(28)23-11(16(29)30)5-7-31-2)24-12(26)8-22-14(27)10(18)4-3-6-21-17(19)20/h9-11,13,25H,3-8,18H2,1-2H3,(H,22,27)(H,23,28)(H,24,26)(H,29,30)(H4,19,20,21). The molecule has 0 aromatic carbocycles. The van der Waals surface area contributed by atoms with Crippen molar-refractivity contribution in [2.45, 2.75) is 50.4 Å². The van der Waals surface area contributed by atoms with Gasteiger partial charge in [0.15, 0.2) is 5.96 Å². The molecule has 0 saturated heterocycles. The first-order valence-corrected chi connectivity index (χ1v) is 11.0. The second-order valence-electron chi connectivity index (χ2n) is 6.74. The summed E-state index contributed by atoms with van der Waals surface area (Å²) in [5.41, 5.74) is 16.1. The fourth-order valence-electron chi connectivity index (χ4n) is 2.33. The Bertz CT molecular complexity index is 642. The molecule has 14 heteroatoms. The fraction of sp³-hybridized carbons (Fsp3) is 0.706. The van der Waals surface area contributed by atoms with Gasteiger partial charge in [-0.3, -0.25) is 19.4 Å². The Hall–Kier alpha value is -2.58. The maximum absolute atomic E-state index is 12.3. The Labute approximate surface area is 185 Å². The molecule has 31 heavy (non-hydrogen) atoms. The minimum absolute atomic E-state index is 0.0645. The van der Waals surface area contributed by atoms with Gasteiger partial charge in [-0.25, -0.2) is 4.79 Å². The molecule has 0 heterocycles. The van der Waals surface area contributed by atoms with Crippen LogP contribution in [0.1, 0.15) is 26.2 Å². The Morgan fingerprint density at radius 1 is 1.10 bits per heavy atom. The zero-order valence-corrected chi connectivity index (χ0v) is 18.5. The third-order valence-electron chi connectivity index (χ3n) is 4.03. The lowest BCUT2D eigenvalue weighted by atomic mass is 10.1. The van der Waals surface area contributed by atoms with Gasteiger partial charge in [0.05, 0.1) is 18.7 Å². The van der Waals surface area contributed by atoms with Crippen LogP contribution in [-0.4, -0.2) is 89.2 Å². The van der Waals surface area contributed by atoms with E-state index in [9.17, 15) is 29.4 Å². The van der Waals surface area contributed by atoms with E-state index in [0.717, 1.165) is 0 Å². The molecule has 0 aliphatic carbocycles. The van der Waals surface area contributed by atoms with Crippen molar-refractivity contribution in [1.82, 2.24) is 16.0 Å². The van der Waals surface area contributed by atoms with Gasteiger partial charge in [-0.2, -0.15) is 11.8 Å². The molecule has 13 nitrogen and oxygen atoms in total. The van der Waals surface area contributed by atoms with E-state index >= 15 is 0 Å². The minimum atomic E-state index is -1.39. The summed E-state index contributed by atoms with van der Waals surface area (Å²) in [6.07, 6.45) is 1.43. The molecule has 4 atom stereocenters. The summed E-state index contributed by atoms with van der Waals surface area (Å²) in [6.45, 7) is 1.10. The lowest BCUT2D eigenvalue weighted by Crippen LogP contribution is -2.57. The average Bonchev–Trinajstić information content (AvgIpc) is 2.69. The predicted octanol–water partition coefficient (Wildman–Crippen LogP) is -3.33. The molecule has 4 unspecified atom stereocenters. The van der Waals surface area contributed by atoms with E-state index in [-0.39, 0.29) is 18.8 Å². The normalized spacial score (nSPS) is 14.5. The van der Waals surface area contributed by atoms with Gasteiger partial charge in [0.2, 0.25) is 17.7 Å². The van der Waals surface area contributed by atoms with Gasteiger partial charge in [0.1, 0.15) is 12.1 Å². The van der Waals surface area contributed by atoms with Gasteiger partial charge in [0.25, 0.3) is 0 Å². The van der Waals surface area contributed by atoms with Crippen LogP contribution >= 0.6 is 11.8 Å². The first kappa shape index (κ1) is 28.4. The zero-order chi connectivity index (χ0) is 24.0. The van der Waals surface area contributed by atoms with Crippen molar-refractivity contribution in [3.8, 4) is 0 Å². The van der Waals surface area contributed by atoms with E-state index in [0.29, 0.717) is 18.7 Å². The first-order valence-electron chi connectivity index (χ1n) is 9.57. The molecule has 11 N–H and O–H groups in total. The lowest BCUT2D eigenvalue weighted by molar-refractivity contribution is -0.143. The summed E-state index contributed by atoms with van der Waals surface area (Å²) < 4.78 is 0. The summed E-state index contributed by atoms with van der Waals surface area (Å²) in [4.78, 5) is 51.4. The third-order valence-corrected chi connectivity index (χ3v) is 4.68. The van der Waals surface area contributed by atoms with Gasteiger partial charge < -0.3 is 43.4 Å². The second kappa shape index (κ2) is 15.3. The Morgan fingerprint density at radius 3 is 2.26 bits per heavy atom. The summed E-state index contributed by atoms with van der Waals surface area (Å²) in [5.74, 6) is -2.97. The zero-order valence-electron chi connectivity index (χ0n) is 17.7. The maximum atomic E-state index is 12.3. The van der Waals surface area contributed by atoms with Crippen molar-refractivity contribution >= 4 is 41.4 Å². The van der Waals surface area contributed by atoms with Crippen LogP contribution in [0, 0.1) is 0 Å². The molecule has 0 aromatic heterocycles. The summed E-state index contributed by atoms with van der Waals surface area (Å²) in [6, 6.07) is -3.44. The molecule has 0 fully saturated rings. The van der Waals surface area contributed by atoms with Crippen molar-refractivity contribution in [2.75, 3.05) is 25.1 Å². The van der Waals surface area contributed by atoms with Gasteiger partial charge in [0, 0.05) is 6.54 Å². The average molecular weight is 464 g/mol. The number of thioether (sulfide) groups is 1. The van der Waals surface area contributed by atoms with E-state index in [4.69, 9.17) is 17.2 Å². The highest BCUT2D eigenvalue weighted by Gasteiger charge is 2.29. The highest BCUT2D eigenvalue weighted by molar-refractivity contribution is 7.98. The molecule has 0 aliphatic heterocycles. The van der Waals surface area contributed by atoms with Crippen LogP contribution in [0.25, 0.3) is 0 Å². The number of carboxylic acids is 1. The van der Waals surface area contributed by atoms with Crippen LogP contribution in [0.3, 0.4) is 0 Å². The molecule has 0 rings (SSSR count). The minimum Gasteiger partial charge on any atom is -0.480 e. The number of hydrogen-bond acceptors (Lipinski definition) is 8. The van der Waals surface area contributed by atoms with Gasteiger partial charge in [-0.05, 0) is 38.2 Å². The van der Waals surface area contributed by atoms with Crippen molar-refractivity contribution in [2.24, 2.45) is 22.2 Å². The van der Waals surface area contributed by atoms with Gasteiger partial charge >= 0.3 is 5.97 Å². The molecule has 178 valence electrons. The number of nitrogens with two attached hydrogens (primary N) is 3. The first-order chi connectivity index (χ1) is 14.5. The second-order valence-corrected chi connectivity index (χ2v) is 7.73. The number of carbonyl (C=O) groups excluding carboxylic acids is 3. The molecule has 0 aromatic rings. The number of hydrogen-bond donors (Lipinski definition) is 8. The number of nitrogens with one attached hydrogen (secondary N) is 3. The number of aliphatic hydroxyl groups excluding tert-OH is 1. The van der Waals surface area contributed by atoms with Crippen molar-refractivity contribution in [3.63, 3.8) is 0 Å². The third kappa shape index (κ3) is 12.7. The number of carboxylic acid groups (broad SMARTS) is 1. The predicted molar refractivity (Wildman–Crippen MR) is 117 cm³/mol. The van der Waals surface area contributed by atoms with Crippen LogP contribution in [0.5, 0.6) is 0 Å². The molecule has 0 saturated carbocycles. The van der Waals surface area contributed by atoms with Crippen molar-refractivity contribution in [3.05, 3.63) is 0 Å². The fourth-order valence-corrected chi connectivity index (χ4v) is 2.80. The Balaban J connectivity index is 4.64. The molecule has 0 spiro atoms. The number of aliphatic carboxylic acids is 1. The lowest BCUT2D eigenvalue weighted by Gasteiger charge is -2.23. The van der Waals surface area contributed by atoms with E-state index < -0.39 is 54.5 Å². The smallest absolute Gasteiger partial charge is 0.326 e. The van der Waals surface area contributed by atoms with Gasteiger partial charge in [-0.1, -0.05) is 0 Å². The van der Waals surface area contributed by atoms with E-state index in [1.807, 2.05) is 0 Å². The number of guanidine groups is 1. The molecule has 0 bridgehead atoms. The molecule has 0 aliphatic rings. The number of carbonyl (C=O) groups is 4. The quantitative estimate of drug-likeness (QED) is 0.0683. The van der Waals surface area contributed by atoms with Crippen LogP contribution in [-0.2, 0) is 19.2 Å². The number of aliphatic imine (C=N–C) groups is 1. The molecule has 3 amide bonds. The number of aliphatic hydroxyl groups is 1. The molecular formula is C17H33N7O6S. The Morgan fingerprint density at radius 2 is 1.74 bits per heavy atom.